The normalized spacial score (nSPS) is 10.4. The summed E-state index contributed by atoms with van der Waals surface area (Å²) >= 11 is 1.17. The van der Waals surface area contributed by atoms with Gasteiger partial charge < -0.3 is 19.2 Å². The summed E-state index contributed by atoms with van der Waals surface area (Å²) in [7, 11) is 3.17. The summed E-state index contributed by atoms with van der Waals surface area (Å²) < 4.78 is 16.1. The Morgan fingerprint density at radius 2 is 2.00 bits per heavy atom. The summed E-state index contributed by atoms with van der Waals surface area (Å²) in [5.41, 5.74) is 0.945. The third-order valence-electron chi connectivity index (χ3n) is 3.51. The maximum atomic E-state index is 11.9. The average molecular weight is 386 g/mol. The van der Waals surface area contributed by atoms with Gasteiger partial charge in [-0.3, -0.25) is 4.79 Å². The van der Waals surface area contributed by atoms with Crippen molar-refractivity contribution in [3.8, 4) is 11.5 Å². The van der Waals surface area contributed by atoms with Gasteiger partial charge in [-0.2, -0.15) is 0 Å². The van der Waals surface area contributed by atoms with Crippen molar-refractivity contribution in [3.05, 3.63) is 54.0 Å². The molecule has 0 fully saturated rings. The lowest BCUT2D eigenvalue weighted by molar-refractivity contribution is -0.113. The van der Waals surface area contributed by atoms with Crippen LogP contribution in [0.15, 0.2) is 52.2 Å². The molecule has 2 heterocycles. The Labute approximate surface area is 160 Å². The number of hydrogen-bond donors (Lipinski definition) is 1. The van der Waals surface area contributed by atoms with E-state index in [1.54, 1.807) is 38.6 Å². The highest BCUT2D eigenvalue weighted by Crippen LogP contribution is 2.28. The number of hydrogen-bond acceptors (Lipinski definition) is 8. The van der Waals surface area contributed by atoms with Crippen molar-refractivity contribution in [1.82, 2.24) is 15.2 Å². The Morgan fingerprint density at radius 3 is 2.74 bits per heavy atom. The first-order valence-corrected chi connectivity index (χ1v) is 9.03. The second kappa shape index (κ2) is 9.04. The number of aromatic nitrogens is 3. The number of anilines is 1. The van der Waals surface area contributed by atoms with Crippen LogP contribution in [-0.2, 0) is 11.2 Å². The van der Waals surface area contributed by atoms with Crippen LogP contribution in [0.5, 0.6) is 11.5 Å². The fourth-order valence-corrected chi connectivity index (χ4v) is 2.86. The van der Waals surface area contributed by atoms with E-state index in [0.717, 1.165) is 5.56 Å². The minimum atomic E-state index is -0.196. The highest BCUT2D eigenvalue weighted by molar-refractivity contribution is 7.99. The van der Waals surface area contributed by atoms with Gasteiger partial charge in [0.2, 0.25) is 11.8 Å². The predicted octanol–water partition coefficient (Wildman–Crippen LogP) is 2.80. The fraction of sp³-hybridized carbons (Fsp3) is 0.222. The zero-order valence-electron chi connectivity index (χ0n) is 14.8. The molecule has 1 N–H and O–H groups in total. The molecule has 0 radical (unpaired) electrons. The first-order chi connectivity index (χ1) is 13.2. The van der Waals surface area contributed by atoms with Crippen molar-refractivity contribution in [2.45, 2.75) is 11.6 Å². The molecule has 0 aliphatic heterocycles. The van der Waals surface area contributed by atoms with Crippen molar-refractivity contribution in [3.63, 3.8) is 0 Å². The zero-order valence-corrected chi connectivity index (χ0v) is 15.7. The molecule has 0 saturated carbocycles. The van der Waals surface area contributed by atoms with Crippen molar-refractivity contribution >= 4 is 23.5 Å². The Hall–Kier alpha value is -3.07. The van der Waals surface area contributed by atoms with Gasteiger partial charge in [0.1, 0.15) is 5.82 Å². The van der Waals surface area contributed by atoms with Gasteiger partial charge in [-0.1, -0.05) is 23.9 Å². The van der Waals surface area contributed by atoms with Crippen molar-refractivity contribution in [2.75, 3.05) is 25.3 Å². The smallest absolute Gasteiger partial charge is 0.277 e. The zero-order chi connectivity index (χ0) is 19.1. The number of nitrogens with zero attached hydrogens (tertiary/aromatic N) is 3. The van der Waals surface area contributed by atoms with Gasteiger partial charge in [0.05, 0.1) is 26.4 Å². The molecule has 2 aromatic heterocycles. The summed E-state index contributed by atoms with van der Waals surface area (Å²) in [6, 6.07) is 10.9. The van der Waals surface area contributed by atoms with E-state index >= 15 is 0 Å². The summed E-state index contributed by atoms with van der Waals surface area (Å²) in [6.07, 6.45) is 2.06. The van der Waals surface area contributed by atoms with Gasteiger partial charge in [0.25, 0.3) is 5.22 Å². The topological polar surface area (TPSA) is 99.4 Å². The summed E-state index contributed by atoms with van der Waals surface area (Å²) in [6.45, 7) is 0. The second-order valence-corrected chi connectivity index (χ2v) is 6.31. The van der Waals surface area contributed by atoms with Gasteiger partial charge in [0.15, 0.2) is 11.5 Å². The van der Waals surface area contributed by atoms with Gasteiger partial charge in [-0.05, 0) is 29.8 Å². The molecule has 0 bridgehead atoms. The Kier molecular flexibility index (Phi) is 6.26. The molecule has 27 heavy (non-hydrogen) atoms. The molecule has 0 spiro atoms. The Balaban J connectivity index is 1.55. The van der Waals surface area contributed by atoms with Crippen LogP contribution in [-0.4, -0.2) is 41.1 Å². The van der Waals surface area contributed by atoms with Crippen molar-refractivity contribution in [2.24, 2.45) is 0 Å². The lowest BCUT2D eigenvalue weighted by atomic mass is 10.1. The number of thioether (sulfide) groups is 1. The number of nitrogens with one attached hydrogen (secondary N) is 1. The molecule has 1 amide bonds. The average Bonchev–Trinajstić information content (AvgIpc) is 3.14. The van der Waals surface area contributed by atoms with E-state index in [9.17, 15) is 4.79 Å². The Morgan fingerprint density at radius 1 is 1.15 bits per heavy atom. The molecule has 0 aliphatic rings. The van der Waals surface area contributed by atoms with Crippen LogP contribution < -0.4 is 14.8 Å². The van der Waals surface area contributed by atoms with Gasteiger partial charge in [-0.15, -0.1) is 10.2 Å². The highest BCUT2D eigenvalue weighted by atomic mass is 32.2. The maximum absolute atomic E-state index is 11.9. The molecule has 0 unspecified atom stereocenters. The van der Waals surface area contributed by atoms with E-state index < -0.39 is 0 Å². The second-order valence-electron chi connectivity index (χ2n) is 5.38. The molecule has 140 valence electrons. The first-order valence-electron chi connectivity index (χ1n) is 8.05. The van der Waals surface area contributed by atoms with Crippen LogP contribution in [0.3, 0.4) is 0 Å². The van der Waals surface area contributed by atoms with E-state index in [0.29, 0.717) is 34.9 Å². The summed E-state index contributed by atoms with van der Waals surface area (Å²) in [4.78, 5) is 16.0. The molecule has 8 nitrogen and oxygen atoms in total. The molecule has 0 aliphatic carbocycles. The van der Waals surface area contributed by atoms with Crippen LogP contribution in [0.2, 0.25) is 0 Å². The minimum Gasteiger partial charge on any atom is -0.493 e. The molecule has 0 saturated heterocycles. The number of ether oxygens (including phenoxy) is 2. The molecular formula is C18H18N4O4S. The Bertz CT molecular complexity index is 901. The third-order valence-corrected chi connectivity index (χ3v) is 4.33. The highest BCUT2D eigenvalue weighted by Gasteiger charge is 2.12. The van der Waals surface area contributed by atoms with Crippen molar-refractivity contribution in [1.29, 1.82) is 0 Å². The van der Waals surface area contributed by atoms with Gasteiger partial charge >= 0.3 is 0 Å². The quantitative estimate of drug-likeness (QED) is 0.590. The standard InChI is InChI=1S/C18H18N4O4S/c1-24-13-7-6-12(9-14(13)25-2)10-17-21-22-18(26-17)27-11-16(23)20-15-5-3-4-8-19-15/h3-9H,10-11H2,1-2H3,(H,19,20,23). The van der Waals surface area contributed by atoms with E-state index in [-0.39, 0.29) is 11.7 Å². The van der Waals surface area contributed by atoms with Crippen LogP contribution >= 0.6 is 11.8 Å². The number of amides is 1. The van der Waals surface area contributed by atoms with E-state index in [1.165, 1.54) is 11.8 Å². The molecule has 3 aromatic rings. The third kappa shape index (κ3) is 5.20. The SMILES string of the molecule is COc1ccc(Cc2nnc(SCC(=O)Nc3ccccn3)o2)cc1OC. The summed E-state index contributed by atoms with van der Waals surface area (Å²) in [5.74, 6) is 2.20. The van der Waals surface area contributed by atoms with Crippen molar-refractivity contribution < 1.29 is 18.7 Å². The number of benzene rings is 1. The predicted molar refractivity (Wildman–Crippen MR) is 100 cm³/mol. The number of rotatable bonds is 8. The number of pyridine rings is 1. The molecule has 1 aromatic carbocycles. The molecule has 3 rings (SSSR count). The molecular weight excluding hydrogens is 368 g/mol. The van der Waals surface area contributed by atoms with Gasteiger partial charge in [0, 0.05) is 6.20 Å². The van der Waals surface area contributed by atoms with Gasteiger partial charge in [-0.25, -0.2) is 4.98 Å². The van der Waals surface area contributed by atoms with Crippen LogP contribution in [0.25, 0.3) is 0 Å². The maximum Gasteiger partial charge on any atom is 0.277 e. The minimum absolute atomic E-state index is 0.147. The largest absolute Gasteiger partial charge is 0.493 e. The van der Waals surface area contributed by atoms with Crippen LogP contribution in [0, 0.1) is 0 Å². The number of carbonyl (C=O) groups is 1. The van der Waals surface area contributed by atoms with Crippen LogP contribution in [0.1, 0.15) is 11.5 Å². The lowest BCUT2D eigenvalue weighted by Gasteiger charge is -2.08. The van der Waals surface area contributed by atoms with E-state index in [4.69, 9.17) is 13.9 Å². The first kappa shape index (κ1) is 18.7. The number of carbonyl (C=O) groups excluding carboxylic acids is 1. The van der Waals surface area contributed by atoms with Crippen LogP contribution in [0.4, 0.5) is 5.82 Å². The molecule has 9 heteroatoms. The van der Waals surface area contributed by atoms with E-state index in [1.807, 2.05) is 18.2 Å². The summed E-state index contributed by atoms with van der Waals surface area (Å²) in [5, 5.41) is 11.0. The molecule has 0 atom stereocenters. The van der Waals surface area contributed by atoms with E-state index in [2.05, 4.69) is 20.5 Å². The number of methoxy groups -OCH3 is 2. The monoisotopic (exact) mass is 386 g/mol. The fourth-order valence-electron chi connectivity index (χ4n) is 2.28. The lowest BCUT2D eigenvalue weighted by Crippen LogP contribution is -2.14.